The summed E-state index contributed by atoms with van der Waals surface area (Å²) in [5.41, 5.74) is 4.77. The number of nitro groups is 1. The van der Waals surface area contributed by atoms with Gasteiger partial charge in [0.25, 0.3) is 0 Å². The molecule has 0 fully saturated rings. The van der Waals surface area contributed by atoms with Crippen molar-refractivity contribution in [2.24, 2.45) is 0 Å². The molecule has 0 aliphatic carbocycles. The van der Waals surface area contributed by atoms with Crippen LogP contribution in [-0.2, 0) is 17.9 Å². The number of rotatable bonds is 6. The molecule has 0 spiro atoms. The van der Waals surface area contributed by atoms with Crippen LogP contribution in [0.3, 0.4) is 0 Å². The summed E-state index contributed by atoms with van der Waals surface area (Å²) >= 11 is 0. The predicted octanol–water partition coefficient (Wildman–Crippen LogP) is 2.91. The molecule has 3 rings (SSSR count). The zero-order valence-corrected chi connectivity index (χ0v) is 16.3. The van der Waals surface area contributed by atoms with E-state index in [2.05, 4.69) is 34.6 Å². The number of amides is 1. The number of carbonyl (C=O) groups excluding carboxylic acids is 1. The van der Waals surface area contributed by atoms with E-state index in [0.717, 1.165) is 17.5 Å². The van der Waals surface area contributed by atoms with Crippen LogP contribution in [0.1, 0.15) is 28.2 Å². The molecule has 0 bridgehead atoms. The Bertz CT molecular complexity index is 1050. The smallest absolute Gasteiger partial charge is 0.309 e. The van der Waals surface area contributed by atoms with E-state index in [1.165, 1.54) is 10.2 Å². The standard InChI is InChI=1S/C19H22N6O3/c1-12-7-5-6-8-16(12)10-24-15(4)19(13(2)22-24)21-18(26)11-23-14(3)17(9-20-23)25(27)28/h5-9H,10-11H2,1-4H3,(H,21,26). The molecule has 1 N–H and O–H groups in total. The number of nitrogens with zero attached hydrogens (tertiary/aromatic N) is 5. The summed E-state index contributed by atoms with van der Waals surface area (Å²) in [4.78, 5) is 22.9. The number of aryl methyl sites for hydroxylation is 2. The van der Waals surface area contributed by atoms with Crippen molar-refractivity contribution >= 4 is 17.3 Å². The summed E-state index contributed by atoms with van der Waals surface area (Å²) in [7, 11) is 0. The highest BCUT2D eigenvalue weighted by molar-refractivity contribution is 5.91. The number of hydrogen-bond acceptors (Lipinski definition) is 5. The van der Waals surface area contributed by atoms with E-state index in [1.807, 2.05) is 30.7 Å². The lowest BCUT2D eigenvalue weighted by molar-refractivity contribution is -0.385. The van der Waals surface area contributed by atoms with Crippen LogP contribution in [0.25, 0.3) is 0 Å². The number of benzene rings is 1. The molecular weight excluding hydrogens is 360 g/mol. The predicted molar refractivity (Wildman–Crippen MR) is 104 cm³/mol. The van der Waals surface area contributed by atoms with Crippen LogP contribution >= 0.6 is 0 Å². The second-order valence-electron chi connectivity index (χ2n) is 6.71. The average molecular weight is 382 g/mol. The maximum Gasteiger partial charge on any atom is 0.309 e. The Morgan fingerprint density at radius 1 is 1.14 bits per heavy atom. The second kappa shape index (κ2) is 7.63. The van der Waals surface area contributed by atoms with Gasteiger partial charge >= 0.3 is 5.69 Å². The van der Waals surface area contributed by atoms with Crippen molar-refractivity contribution in [3.63, 3.8) is 0 Å². The number of anilines is 1. The molecular formula is C19H22N6O3. The third-order valence-corrected chi connectivity index (χ3v) is 4.79. The summed E-state index contributed by atoms with van der Waals surface area (Å²) in [6.07, 6.45) is 1.15. The molecule has 0 saturated heterocycles. The van der Waals surface area contributed by atoms with Gasteiger partial charge in [-0.15, -0.1) is 0 Å². The molecule has 0 aliphatic heterocycles. The van der Waals surface area contributed by atoms with Crippen molar-refractivity contribution < 1.29 is 9.72 Å². The first-order valence-corrected chi connectivity index (χ1v) is 8.83. The minimum absolute atomic E-state index is 0.105. The van der Waals surface area contributed by atoms with Crippen LogP contribution in [0.15, 0.2) is 30.5 Å². The zero-order valence-electron chi connectivity index (χ0n) is 16.3. The molecule has 2 heterocycles. The van der Waals surface area contributed by atoms with Crippen molar-refractivity contribution in [1.82, 2.24) is 19.6 Å². The van der Waals surface area contributed by atoms with Gasteiger partial charge < -0.3 is 5.32 Å². The van der Waals surface area contributed by atoms with Gasteiger partial charge in [-0.25, -0.2) is 0 Å². The fourth-order valence-electron chi connectivity index (χ4n) is 3.07. The van der Waals surface area contributed by atoms with Gasteiger partial charge in [0.15, 0.2) is 0 Å². The van der Waals surface area contributed by atoms with E-state index in [0.29, 0.717) is 23.6 Å². The highest BCUT2D eigenvalue weighted by Gasteiger charge is 2.19. The van der Waals surface area contributed by atoms with Gasteiger partial charge in [0.1, 0.15) is 18.4 Å². The summed E-state index contributed by atoms with van der Waals surface area (Å²) in [6, 6.07) is 8.09. The van der Waals surface area contributed by atoms with E-state index in [-0.39, 0.29) is 18.1 Å². The lowest BCUT2D eigenvalue weighted by Crippen LogP contribution is -2.21. The fraction of sp³-hybridized carbons (Fsp3) is 0.316. The molecule has 2 aromatic heterocycles. The van der Waals surface area contributed by atoms with E-state index < -0.39 is 4.92 Å². The highest BCUT2D eigenvalue weighted by Crippen LogP contribution is 2.22. The second-order valence-corrected chi connectivity index (χ2v) is 6.71. The van der Waals surface area contributed by atoms with Gasteiger partial charge in [0, 0.05) is 0 Å². The van der Waals surface area contributed by atoms with Crippen LogP contribution in [0.4, 0.5) is 11.4 Å². The molecule has 0 atom stereocenters. The molecule has 146 valence electrons. The third kappa shape index (κ3) is 3.78. The van der Waals surface area contributed by atoms with Crippen molar-refractivity contribution in [3.8, 4) is 0 Å². The van der Waals surface area contributed by atoms with E-state index >= 15 is 0 Å². The average Bonchev–Trinajstić information content (AvgIpc) is 3.12. The molecule has 1 aromatic carbocycles. The Hall–Kier alpha value is -3.49. The molecule has 0 saturated carbocycles. The maximum absolute atomic E-state index is 12.5. The first-order valence-electron chi connectivity index (χ1n) is 8.83. The number of carbonyl (C=O) groups is 1. The normalized spacial score (nSPS) is 10.9. The Kier molecular flexibility index (Phi) is 5.25. The Labute approximate surface area is 162 Å². The van der Waals surface area contributed by atoms with Gasteiger partial charge in [-0.1, -0.05) is 24.3 Å². The largest absolute Gasteiger partial charge is 0.321 e. The highest BCUT2D eigenvalue weighted by atomic mass is 16.6. The van der Waals surface area contributed by atoms with Crippen LogP contribution in [0, 0.1) is 37.8 Å². The van der Waals surface area contributed by atoms with Crippen molar-refractivity contribution in [2.75, 3.05) is 5.32 Å². The maximum atomic E-state index is 12.5. The Morgan fingerprint density at radius 2 is 1.86 bits per heavy atom. The molecule has 0 unspecified atom stereocenters. The zero-order chi connectivity index (χ0) is 20.4. The minimum Gasteiger partial charge on any atom is -0.321 e. The van der Waals surface area contributed by atoms with E-state index in [4.69, 9.17) is 0 Å². The van der Waals surface area contributed by atoms with E-state index in [9.17, 15) is 14.9 Å². The summed E-state index contributed by atoms with van der Waals surface area (Å²) in [5, 5.41) is 22.2. The first-order chi connectivity index (χ1) is 13.3. The van der Waals surface area contributed by atoms with Crippen LogP contribution in [-0.4, -0.2) is 30.4 Å². The molecule has 3 aromatic rings. The first kappa shape index (κ1) is 19.3. The Balaban J connectivity index is 1.76. The van der Waals surface area contributed by atoms with E-state index in [1.54, 1.807) is 6.92 Å². The molecule has 0 radical (unpaired) electrons. The summed E-state index contributed by atoms with van der Waals surface area (Å²) < 4.78 is 3.17. The molecule has 28 heavy (non-hydrogen) atoms. The summed E-state index contributed by atoms with van der Waals surface area (Å²) in [5.74, 6) is -0.317. The monoisotopic (exact) mass is 382 g/mol. The van der Waals surface area contributed by atoms with Crippen LogP contribution in [0.5, 0.6) is 0 Å². The van der Waals surface area contributed by atoms with Crippen molar-refractivity contribution in [1.29, 1.82) is 0 Å². The number of hydrogen-bond donors (Lipinski definition) is 1. The van der Waals surface area contributed by atoms with Gasteiger partial charge in [-0.05, 0) is 38.8 Å². The lowest BCUT2D eigenvalue weighted by Gasteiger charge is -2.09. The quantitative estimate of drug-likeness (QED) is 0.521. The summed E-state index contributed by atoms with van der Waals surface area (Å²) in [6.45, 7) is 7.85. The van der Waals surface area contributed by atoms with Crippen molar-refractivity contribution in [2.45, 2.75) is 40.8 Å². The minimum atomic E-state index is -0.513. The molecule has 1 amide bonds. The van der Waals surface area contributed by atoms with Crippen LogP contribution < -0.4 is 5.32 Å². The Morgan fingerprint density at radius 3 is 2.50 bits per heavy atom. The van der Waals surface area contributed by atoms with Gasteiger partial charge in [-0.3, -0.25) is 24.3 Å². The van der Waals surface area contributed by atoms with Crippen molar-refractivity contribution in [3.05, 3.63) is 68.8 Å². The SMILES string of the molecule is Cc1ccccc1Cn1nc(C)c(NC(=O)Cn2ncc([N+](=O)[O-])c2C)c1C. The third-order valence-electron chi connectivity index (χ3n) is 4.79. The number of nitrogens with one attached hydrogen (secondary N) is 1. The molecule has 9 nitrogen and oxygen atoms in total. The topological polar surface area (TPSA) is 108 Å². The van der Waals surface area contributed by atoms with Gasteiger partial charge in [0.2, 0.25) is 5.91 Å². The van der Waals surface area contributed by atoms with Gasteiger partial charge in [-0.2, -0.15) is 10.2 Å². The fourth-order valence-corrected chi connectivity index (χ4v) is 3.07. The van der Waals surface area contributed by atoms with Gasteiger partial charge in [0.05, 0.1) is 28.5 Å². The number of aromatic nitrogens is 4. The molecule has 0 aliphatic rings. The molecule has 9 heteroatoms. The van der Waals surface area contributed by atoms with Crippen LogP contribution in [0.2, 0.25) is 0 Å². The lowest BCUT2D eigenvalue weighted by atomic mass is 10.1.